The Bertz CT molecular complexity index is 757. The second-order valence-electron chi connectivity index (χ2n) is 6.90. The quantitative estimate of drug-likeness (QED) is 0.525. The van der Waals surface area contributed by atoms with Gasteiger partial charge >= 0.3 is 5.97 Å². The highest BCUT2D eigenvalue weighted by Gasteiger charge is 2.39. The van der Waals surface area contributed by atoms with Crippen molar-refractivity contribution in [2.45, 2.75) is 13.3 Å². The lowest BCUT2D eigenvalue weighted by molar-refractivity contribution is -0.906. The second kappa shape index (κ2) is 9.57. The topological polar surface area (TPSA) is 85.0 Å². The maximum Gasteiger partial charge on any atom is 0.311 e. The Balaban J connectivity index is 1.74. The van der Waals surface area contributed by atoms with E-state index in [4.69, 9.17) is 9.47 Å². The third kappa shape index (κ3) is 4.82. The highest BCUT2D eigenvalue weighted by atomic mass is 16.5. The third-order valence-corrected chi connectivity index (χ3v) is 5.02. The van der Waals surface area contributed by atoms with Gasteiger partial charge in [0.1, 0.15) is 19.0 Å². The second-order valence-corrected chi connectivity index (χ2v) is 6.90. The molecule has 1 aromatic rings. The monoisotopic (exact) mass is 387 g/mol. The maximum absolute atomic E-state index is 13.0. The zero-order chi connectivity index (χ0) is 19.9. The fourth-order valence-corrected chi connectivity index (χ4v) is 3.42. The van der Waals surface area contributed by atoms with Crippen molar-refractivity contribution >= 4 is 29.0 Å². The van der Waals surface area contributed by atoms with Crippen molar-refractivity contribution in [1.29, 1.82) is 0 Å². The summed E-state index contributed by atoms with van der Waals surface area (Å²) >= 11 is 0. The molecule has 150 valence electrons. The van der Waals surface area contributed by atoms with Gasteiger partial charge in [-0.15, -0.1) is 0 Å². The van der Waals surface area contributed by atoms with Gasteiger partial charge in [0.2, 0.25) is 0 Å². The van der Waals surface area contributed by atoms with E-state index >= 15 is 0 Å². The minimum absolute atomic E-state index is 0.0299. The van der Waals surface area contributed by atoms with Crippen LogP contribution in [0.4, 0.5) is 5.69 Å². The molecule has 0 radical (unpaired) electrons. The summed E-state index contributed by atoms with van der Waals surface area (Å²) in [4.78, 5) is 31.0. The fraction of sp³-hybridized carbons (Fsp3) is 0.500. The van der Waals surface area contributed by atoms with E-state index in [1.807, 2.05) is 37.3 Å². The molecule has 28 heavy (non-hydrogen) atoms. The van der Waals surface area contributed by atoms with Gasteiger partial charge in [0.15, 0.2) is 0 Å². The molecule has 0 bridgehead atoms. The number of esters is 1. The van der Waals surface area contributed by atoms with Crippen molar-refractivity contribution in [1.82, 2.24) is 0 Å². The molecule has 2 heterocycles. The van der Waals surface area contributed by atoms with Gasteiger partial charge in [-0.1, -0.05) is 18.2 Å². The third-order valence-electron chi connectivity index (χ3n) is 5.02. The van der Waals surface area contributed by atoms with Crippen LogP contribution in [0.25, 0.3) is 0 Å². The van der Waals surface area contributed by atoms with Gasteiger partial charge < -0.3 is 14.4 Å². The van der Waals surface area contributed by atoms with E-state index in [2.05, 4.69) is 10.1 Å². The number of nitrogens with one attached hydrogen (secondary N) is 1. The molecule has 1 atom stereocenters. The van der Waals surface area contributed by atoms with Crippen molar-refractivity contribution in [2.24, 2.45) is 16.0 Å². The summed E-state index contributed by atoms with van der Waals surface area (Å²) in [5, 5.41) is 5.78. The van der Waals surface area contributed by atoms with Crippen LogP contribution in [0.5, 0.6) is 0 Å². The Morgan fingerprint density at radius 2 is 2.04 bits per heavy atom. The lowest BCUT2D eigenvalue weighted by Gasteiger charge is -2.23. The number of rotatable bonds is 7. The van der Waals surface area contributed by atoms with E-state index < -0.39 is 11.9 Å². The Labute approximate surface area is 164 Å². The Hall–Kier alpha value is -2.58. The molecule has 3 rings (SSSR count). The summed E-state index contributed by atoms with van der Waals surface area (Å²) < 4.78 is 10.1. The molecule has 0 saturated carbocycles. The number of carbonyl (C=O) groups excluding carboxylic acids is 2. The molecular formula is C20H27N4O4+. The SMILES string of the molecule is COC(=O)CC1=NN(c2ccccc2)C(=O)C1C(C)=NCC[NH+]1CCOCC1. The molecule has 1 N–H and O–H groups in total. The lowest BCUT2D eigenvalue weighted by Crippen LogP contribution is -3.14. The van der Waals surface area contributed by atoms with Gasteiger partial charge in [-0.25, -0.2) is 0 Å². The Morgan fingerprint density at radius 1 is 1.32 bits per heavy atom. The number of hydrogen-bond donors (Lipinski definition) is 1. The molecule has 0 aliphatic carbocycles. The van der Waals surface area contributed by atoms with E-state index in [-0.39, 0.29) is 12.3 Å². The molecule has 1 saturated heterocycles. The maximum atomic E-state index is 13.0. The van der Waals surface area contributed by atoms with Crippen LogP contribution in [0, 0.1) is 5.92 Å². The zero-order valence-corrected chi connectivity index (χ0v) is 16.4. The first-order valence-electron chi connectivity index (χ1n) is 9.55. The molecule has 1 fully saturated rings. The van der Waals surface area contributed by atoms with E-state index in [0.29, 0.717) is 23.7 Å². The van der Waals surface area contributed by atoms with Crippen molar-refractivity contribution in [3.05, 3.63) is 30.3 Å². The lowest BCUT2D eigenvalue weighted by atomic mass is 9.96. The highest BCUT2D eigenvalue weighted by Crippen LogP contribution is 2.26. The average Bonchev–Trinajstić information content (AvgIpc) is 3.05. The van der Waals surface area contributed by atoms with Crippen molar-refractivity contribution < 1.29 is 24.0 Å². The fourth-order valence-electron chi connectivity index (χ4n) is 3.42. The van der Waals surface area contributed by atoms with Crippen LogP contribution in [0.15, 0.2) is 40.4 Å². The van der Waals surface area contributed by atoms with Crippen molar-refractivity contribution in [3.8, 4) is 0 Å². The van der Waals surface area contributed by atoms with E-state index in [1.165, 1.54) is 17.0 Å². The minimum Gasteiger partial charge on any atom is -0.469 e. The van der Waals surface area contributed by atoms with E-state index in [0.717, 1.165) is 32.8 Å². The van der Waals surface area contributed by atoms with Gasteiger partial charge in [-0.3, -0.25) is 14.6 Å². The summed E-state index contributed by atoms with van der Waals surface area (Å²) in [6, 6.07) is 9.19. The van der Waals surface area contributed by atoms with Crippen LogP contribution in [-0.2, 0) is 19.1 Å². The number of hydrazone groups is 1. The highest BCUT2D eigenvalue weighted by molar-refractivity contribution is 6.30. The largest absolute Gasteiger partial charge is 0.469 e. The molecule has 0 aromatic heterocycles. The molecule has 8 heteroatoms. The summed E-state index contributed by atoms with van der Waals surface area (Å²) in [5.74, 6) is -1.24. The molecule has 8 nitrogen and oxygen atoms in total. The smallest absolute Gasteiger partial charge is 0.311 e. The number of aliphatic imine (C=N–C) groups is 1. The summed E-state index contributed by atoms with van der Waals surface area (Å²) in [5.41, 5.74) is 1.82. The van der Waals surface area contributed by atoms with Crippen molar-refractivity contribution in [3.63, 3.8) is 0 Å². The van der Waals surface area contributed by atoms with E-state index in [1.54, 1.807) is 0 Å². The van der Waals surface area contributed by atoms with Crippen LogP contribution < -0.4 is 9.91 Å². The number of para-hydroxylation sites is 1. The Morgan fingerprint density at radius 3 is 2.71 bits per heavy atom. The number of ether oxygens (including phenoxy) is 2. The van der Waals surface area contributed by atoms with Gasteiger partial charge in [0.05, 0.1) is 51.2 Å². The predicted octanol–water partition coefficient (Wildman–Crippen LogP) is -0.0555. The Kier molecular flexibility index (Phi) is 6.89. The van der Waals surface area contributed by atoms with Crippen molar-refractivity contribution in [2.75, 3.05) is 51.5 Å². The van der Waals surface area contributed by atoms with Crippen LogP contribution >= 0.6 is 0 Å². The number of carbonyl (C=O) groups is 2. The number of nitrogens with zero attached hydrogens (tertiary/aromatic N) is 3. The number of hydrogen-bond acceptors (Lipinski definition) is 6. The first kappa shape index (κ1) is 20.2. The van der Waals surface area contributed by atoms with Gasteiger partial charge in [0.25, 0.3) is 5.91 Å². The molecule has 0 spiro atoms. The molecule has 1 unspecified atom stereocenters. The van der Waals surface area contributed by atoms with Crippen LogP contribution in [0.2, 0.25) is 0 Å². The van der Waals surface area contributed by atoms with E-state index in [9.17, 15) is 9.59 Å². The minimum atomic E-state index is -0.626. The summed E-state index contributed by atoms with van der Waals surface area (Å²) in [7, 11) is 1.33. The van der Waals surface area contributed by atoms with Gasteiger partial charge in [-0.2, -0.15) is 10.1 Å². The number of amides is 1. The predicted molar refractivity (Wildman–Crippen MR) is 106 cm³/mol. The van der Waals surface area contributed by atoms with Gasteiger partial charge in [-0.05, 0) is 19.1 Å². The molecule has 2 aliphatic heterocycles. The summed E-state index contributed by atoms with van der Waals surface area (Å²) in [6.07, 6.45) is -0.0299. The first-order chi connectivity index (χ1) is 13.6. The van der Waals surface area contributed by atoms with Gasteiger partial charge in [0, 0.05) is 5.71 Å². The molecule has 1 amide bonds. The first-order valence-corrected chi connectivity index (χ1v) is 9.55. The number of methoxy groups -OCH3 is 1. The molecule has 2 aliphatic rings. The number of anilines is 1. The average molecular weight is 387 g/mol. The standard InChI is InChI=1S/C20H26N4O4/c1-15(21-8-9-23-10-12-28-13-11-23)19-17(14-18(25)27-2)22-24(20(19)26)16-6-4-3-5-7-16/h3-7,19H,8-14H2,1-2H3/p+1. The number of morpholine rings is 1. The van der Waals surface area contributed by atoms with Crippen LogP contribution in [0.1, 0.15) is 13.3 Å². The van der Waals surface area contributed by atoms with Crippen LogP contribution in [0.3, 0.4) is 0 Å². The molecule has 1 aromatic carbocycles. The number of quaternary nitrogens is 1. The van der Waals surface area contributed by atoms with Crippen LogP contribution in [-0.4, -0.2) is 69.8 Å². The normalized spacial score (nSPS) is 21.0. The molecular weight excluding hydrogens is 360 g/mol. The zero-order valence-electron chi connectivity index (χ0n) is 16.4. The summed E-state index contributed by atoms with van der Waals surface area (Å²) in [6.45, 7) is 6.87. The number of benzene rings is 1.